The van der Waals surface area contributed by atoms with E-state index in [4.69, 9.17) is 20.7 Å². The molecular formula is C23H29N7O6. The molecule has 0 aliphatic carbocycles. The number of nitrogens with one attached hydrogen (secondary N) is 2. The summed E-state index contributed by atoms with van der Waals surface area (Å²) in [6, 6.07) is 4.65. The highest BCUT2D eigenvalue weighted by Gasteiger charge is 2.21. The number of allylic oxidation sites excluding steroid dienone is 1. The van der Waals surface area contributed by atoms with Crippen molar-refractivity contribution in [2.75, 3.05) is 25.1 Å². The molecule has 0 radical (unpaired) electrons. The first-order valence-electron chi connectivity index (χ1n) is 11.3. The smallest absolute Gasteiger partial charge is 0.404 e. The number of rotatable bonds is 12. The van der Waals surface area contributed by atoms with Gasteiger partial charge in [-0.3, -0.25) is 19.6 Å². The van der Waals surface area contributed by atoms with Gasteiger partial charge in [0.05, 0.1) is 17.8 Å². The van der Waals surface area contributed by atoms with E-state index in [2.05, 4.69) is 20.7 Å². The molecule has 13 heteroatoms. The standard InChI is InChI=1S/C23H29N7O6/c1-3-30-17(11-14(2)28-30)21(33)27-22-26-16-12-15(20(24)32)13-18(36-10-6-9-31)19(16)29(22)8-5-4-7-25-23(34)35/h4-5,11-13,25,31H,3,6-10H2,1-2H3,(H2,24,32)(H,34,35)(H,26,27,33). The van der Waals surface area contributed by atoms with Gasteiger partial charge in [0, 0.05) is 38.2 Å². The Hall–Kier alpha value is -4.39. The fourth-order valence-electron chi connectivity index (χ4n) is 3.55. The van der Waals surface area contributed by atoms with Gasteiger partial charge in [0.2, 0.25) is 11.9 Å². The highest BCUT2D eigenvalue weighted by molar-refractivity contribution is 6.04. The van der Waals surface area contributed by atoms with Gasteiger partial charge in [-0.1, -0.05) is 12.2 Å². The number of primary amides is 1. The number of imidazole rings is 1. The summed E-state index contributed by atoms with van der Waals surface area (Å²) in [7, 11) is 0. The first-order chi connectivity index (χ1) is 17.2. The van der Waals surface area contributed by atoms with Gasteiger partial charge in [0.25, 0.3) is 5.91 Å². The highest BCUT2D eigenvalue weighted by Crippen LogP contribution is 2.31. The number of hydrogen-bond acceptors (Lipinski definition) is 7. The van der Waals surface area contributed by atoms with Crippen LogP contribution in [0.1, 0.15) is 39.9 Å². The van der Waals surface area contributed by atoms with Crippen molar-refractivity contribution in [1.29, 1.82) is 0 Å². The van der Waals surface area contributed by atoms with E-state index < -0.39 is 17.9 Å². The zero-order valence-electron chi connectivity index (χ0n) is 20.0. The number of amides is 3. The Kier molecular flexibility index (Phi) is 8.62. The van der Waals surface area contributed by atoms with E-state index in [1.807, 2.05) is 6.92 Å². The molecule has 0 fully saturated rings. The summed E-state index contributed by atoms with van der Waals surface area (Å²) in [6.07, 6.45) is 2.53. The molecule has 0 saturated heterocycles. The molecule has 3 rings (SSSR count). The number of carbonyl (C=O) groups excluding carboxylic acids is 2. The number of fused-ring (bicyclic) bond motifs is 1. The maximum atomic E-state index is 13.1. The lowest BCUT2D eigenvalue weighted by Gasteiger charge is -2.12. The van der Waals surface area contributed by atoms with Crippen molar-refractivity contribution in [2.24, 2.45) is 5.73 Å². The van der Waals surface area contributed by atoms with Crippen LogP contribution in [0.2, 0.25) is 0 Å². The van der Waals surface area contributed by atoms with Crippen molar-refractivity contribution >= 4 is 34.9 Å². The van der Waals surface area contributed by atoms with Crippen molar-refractivity contribution in [3.63, 3.8) is 0 Å². The summed E-state index contributed by atoms with van der Waals surface area (Å²) < 4.78 is 9.07. The summed E-state index contributed by atoms with van der Waals surface area (Å²) in [6.45, 7) is 4.54. The molecule has 0 aliphatic rings. The van der Waals surface area contributed by atoms with Crippen LogP contribution in [-0.2, 0) is 13.1 Å². The molecule has 2 heterocycles. The second-order valence-electron chi connectivity index (χ2n) is 7.78. The minimum absolute atomic E-state index is 0.0803. The Bertz CT molecular complexity index is 1290. The zero-order valence-corrected chi connectivity index (χ0v) is 20.0. The average molecular weight is 500 g/mol. The second-order valence-corrected chi connectivity index (χ2v) is 7.78. The molecule has 3 amide bonds. The highest BCUT2D eigenvalue weighted by atomic mass is 16.5. The van der Waals surface area contributed by atoms with Crippen LogP contribution in [0.25, 0.3) is 11.0 Å². The first kappa shape index (κ1) is 26.2. The number of benzene rings is 1. The van der Waals surface area contributed by atoms with Crippen LogP contribution < -0.4 is 21.1 Å². The number of aliphatic hydroxyl groups excluding tert-OH is 1. The van der Waals surface area contributed by atoms with E-state index in [9.17, 15) is 14.4 Å². The molecule has 3 aromatic rings. The molecule has 192 valence electrons. The lowest BCUT2D eigenvalue weighted by Crippen LogP contribution is -2.21. The largest absolute Gasteiger partial charge is 0.491 e. The van der Waals surface area contributed by atoms with Gasteiger partial charge in [0.15, 0.2) is 0 Å². The van der Waals surface area contributed by atoms with E-state index in [0.717, 1.165) is 0 Å². The van der Waals surface area contributed by atoms with Crippen LogP contribution in [0, 0.1) is 6.92 Å². The first-order valence-corrected chi connectivity index (χ1v) is 11.3. The fraction of sp³-hybridized carbons (Fsp3) is 0.348. The van der Waals surface area contributed by atoms with Crippen LogP contribution in [0.5, 0.6) is 5.75 Å². The molecule has 0 atom stereocenters. The third-order valence-electron chi connectivity index (χ3n) is 5.14. The molecule has 36 heavy (non-hydrogen) atoms. The Morgan fingerprint density at radius 2 is 2.00 bits per heavy atom. The van der Waals surface area contributed by atoms with E-state index in [1.54, 1.807) is 34.4 Å². The molecular weight excluding hydrogens is 470 g/mol. The Morgan fingerprint density at radius 1 is 1.22 bits per heavy atom. The van der Waals surface area contributed by atoms with Crippen molar-refractivity contribution in [3.05, 3.63) is 47.3 Å². The zero-order chi connectivity index (χ0) is 26.2. The van der Waals surface area contributed by atoms with E-state index in [1.165, 1.54) is 12.1 Å². The summed E-state index contributed by atoms with van der Waals surface area (Å²) in [4.78, 5) is 40.2. The number of carboxylic acid groups (broad SMARTS) is 1. The SMILES string of the molecule is CCn1nc(C)cc1C(=O)Nc1nc2cc(C(N)=O)cc(OCCCO)c2n1CC=CCNC(=O)O. The Balaban J connectivity index is 2.07. The molecule has 2 aromatic heterocycles. The number of carbonyl (C=O) groups is 3. The number of nitrogens with two attached hydrogens (primary N) is 1. The quantitative estimate of drug-likeness (QED) is 0.183. The van der Waals surface area contributed by atoms with E-state index in [0.29, 0.717) is 41.1 Å². The maximum absolute atomic E-state index is 13.1. The van der Waals surface area contributed by atoms with Crippen molar-refractivity contribution in [2.45, 2.75) is 33.4 Å². The van der Waals surface area contributed by atoms with Crippen LogP contribution in [-0.4, -0.2) is 67.2 Å². The van der Waals surface area contributed by atoms with Gasteiger partial charge >= 0.3 is 6.09 Å². The number of aliphatic hydroxyl groups is 1. The minimum atomic E-state index is -1.15. The number of aromatic nitrogens is 4. The van der Waals surface area contributed by atoms with E-state index in [-0.39, 0.29) is 37.8 Å². The number of anilines is 1. The van der Waals surface area contributed by atoms with Crippen LogP contribution in [0.4, 0.5) is 10.7 Å². The van der Waals surface area contributed by atoms with E-state index >= 15 is 0 Å². The molecule has 13 nitrogen and oxygen atoms in total. The minimum Gasteiger partial charge on any atom is -0.491 e. The second kappa shape index (κ2) is 11.8. The number of ether oxygens (including phenoxy) is 1. The lowest BCUT2D eigenvalue weighted by atomic mass is 10.1. The van der Waals surface area contributed by atoms with Crippen molar-refractivity contribution in [1.82, 2.24) is 24.6 Å². The molecule has 0 aliphatic heterocycles. The molecule has 0 saturated carbocycles. The molecule has 6 N–H and O–H groups in total. The third kappa shape index (κ3) is 6.18. The van der Waals surface area contributed by atoms with Gasteiger partial charge in [-0.25, -0.2) is 9.78 Å². The molecule has 0 unspecified atom stereocenters. The van der Waals surface area contributed by atoms with Crippen molar-refractivity contribution in [3.8, 4) is 5.75 Å². The maximum Gasteiger partial charge on any atom is 0.404 e. The lowest BCUT2D eigenvalue weighted by molar-refractivity contribution is 0.0995. The average Bonchev–Trinajstić information content (AvgIpc) is 3.38. The van der Waals surface area contributed by atoms with Gasteiger partial charge in [-0.15, -0.1) is 0 Å². The predicted molar refractivity (Wildman–Crippen MR) is 131 cm³/mol. The number of aryl methyl sites for hydroxylation is 2. The third-order valence-corrected chi connectivity index (χ3v) is 5.14. The van der Waals surface area contributed by atoms with Gasteiger partial charge < -0.3 is 30.6 Å². The number of hydrogen-bond donors (Lipinski definition) is 5. The normalized spacial score (nSPS) is 11.2. The molecule has 0 spiro atoms. The predicted octanol–water partition coefficient (Wildman–Crippen LogP) is 1.50. The van der Waals surface area contributed by atoms with Crippen LogP contribution in [0.3, 0.4) is 0 Å². The molecule has 1 aromatic carbocycles. The van der Waals surface area contributed by atoms with Gasteiger partial charge in [-0.05, 0) is 32.0 Å². The van der Waals surface area contributed by atoms with Crippen LogP contribution in [0.15, 0.2) is 30.4 Å². The Morgan fingerprint density at radius 3 is 2.67 bits per heavy atom. The van der Waals surface area contributed by atoms with Crippen molar-refractivity contribution < 1.29 is 29.3 Å². The summed E-state index contributed by atoms with van der Waals surface area (Å²) >= 11 is 0. The fourth-order valence-corrected chi connectivity index (χ4v) is 3.55. The molecule has 0 bridgehead atoms. The summed E-state index contributed by atoms with van der Waals surface area (Å²) in [5.41, 5.74) is 7.55. The van der Waals surface area contributed by atoms with Gasteiger partial charge in [-0.2, -0.15) is 5.10 Å². The number of nitrogens with zero attached hydrogens (tertiary/aromatic N) is 4. The monoisotopic (exact) mass is 499 g/mol. The van der Waals surface area contributed by atoms with Gasteiger partial charge in [0.1, 0.15) is 17.0 Å². The summed E-state index contributed by atoms with van der Waals surface area (Å²) in [5.74, 6) is -0.621. The topological polar surface area (TPSA) is 187 Å². The Labute approximate surface area is 206 Å². The summed E-state index contributed by atoms with van der Waals surface area (Å²) in [5, 5.41) is 27.2. The van der Waals surface area contributed by atoms with Crippen LogP contribution >= 0.6 is 0 Å².